The van der Waals surface area contributed by atoms with E-state index in [-0.39, 0.29) is 12.1 Å². The number of carbonyl (C=O) groups excluding carboxylic acids is 1. The molecule has 23 heavy (non-hydrogen) atoms. The SMILES string of the molecule is Cc1ccccc1[C@H](O)CN[C@@H]1CCN(C(=O)OC(C)(C)C)C1. The van der Waals surface area contributed by atoms with Gasteiger partial charge in [0, 0.05) is 25.7 Å². The topological polar surface area (TPSA) is 61.8 Å². The van der Waals surface area contributed by atoms with Gasteiger partial charge in [-0.15, -0.1) is 0 Å². The van der Waals surface area contributed by atoms with Gasteiger partial charge < -0.3 is 20.1 Å². The molecule has 0 bridgehead atoms. The summed E-state index contributed by atoms with van der Waals surface area (Å²) in [6.45, 7) is 9.40. The molecule has 1 heterocycles. The molecule has 0 saturated carbocycles. The first kappa shape index (κ1) is 17.8. The van der Waals surface area contributed by atoms with Crippen LogP contribution in [0.25, 0.3) is 0 Å². The summed E-state index contributed by atoms with van der Waals surface area (Å²) in [6, 6.07) is 8.04. The van der Waals surface area contributed by atoms with E-state index in [0.717, 1.165) is 17.5 Å². The summed E-state index contributed by atoms with van der Waals surface area (Å²) >= 11 is 0. The molecule has 1 aliphatic rings. The zero-order valence-corrected chi connectivity index (χ0v) is 14.5. The Labute approximate surface area is 138 Å². The van der Waals surface area contributed by atoms with Gasteiger partial charge in [0.05, 0.1) is 6.10 Å². The molecule has 128 valence electrons. The Morgan fingerprint density at radius 1 is 1.43 bits per heavy atom. The van der Waals surface area contributed by atoms with Gasteiger partial charge in [-0.2, -0.15) is 0 Å². The van der Waals surface area contributed by atoms with E-state index >= 15 is 0 Å². The Hall–Kier alpha value is -1.59. The number of ether oxygens (including phenoxy) is 1. The van der Waals surface area contributed by atoms with Crippen LogP contribution >= 0.6 is 0 Å². The Morgan fingerprint density at radius 3 is 2.78 bits per heavy atom. The van der Waals surface area contributed by atoms with Crippen LogP contribution in [0.1, 0.15) is 44.4 Å². The molecule has 0 radical (unpaired) electrons. The number of nitrogens with zero attached hydrogens (tertiary/aromatic N) is 1. The highest BCUT2D eigenvalue weighted by molar-refractivity contribution is 5.68. The minimum atomic E-state index is -0.535. The fourth-order valence-electron chi connectivity index (χ4n) is 2.77. The third-order valence-corrected chi connectivity index (χ3v) is 3.99. The summed E-state index contributed by atoms with van der Waals surface area (Å²) in [4.78, 5) is 13.8. The zero-order chi connectivity index (χ0) is 17.0. The molecule has 0 unspecified atom stereocenters. The van der Waals surface area contributed by atoms with Crippen LogP contribution in [0.3, 0.4) is 0 Å². The predicted molar refractivity (Wildman–Crippen MR) is 90.4 cm³/mol. The number of carbonyl (C=O) groups is 1. The van der Waals surface area contributed by atoms with Crippen molar-refractivity contribution in [3.05, 3.63) is 35.4 Å². The maximum Gasteiger partial charge on any atom is 0.410 e. The molecular weight excluding hydrogens is 292 g/mol. The standard InChI is InChI=1S/C18H28N2O3/c1-13-7-5-6-8-15(13)16(21)11-19-14-9-10-20(12-14)17(22)23-18(2,3)4/h5-8,14,16,19,21H,9-12H2,1-4H3/t14-,16-/m1/s1. The summed E-state index contributed by atoms with van der Waals surface area (Å²) in [5, 5.41) is 13.7. The van der Waals surface area contributed by atoms with E-state index in [1.807, 2.05) is 52.0 Å². The van der Waals surface area contributed by atoms with Crippen molar-refractivity contribution in [2.75, 3.05) is 19.6 Å². The summed E-state index contributed by atoms with van der Waals surface area (Å²) < 4.78 is 5.39. The fourth-order valence-corrected chi connectivity index (χ4v) is 2.77. The molecular formula is C18H28N2O3. The van der Waals surface area contributed by atoms with E-state index in [4.69, 9.17) is 4.74 Å². The minimum Gasteiger partial charge on any atom is -0.444 e. The van der Waals surface area contributed by atoms with Gasteiger partial charge in [-0.3, -0.25) is 0 Å². The number of aliphatic hydroxyl groups excluding tert-OH is 1. The van der Waals surface area contributed by atoms with Crippen LogP contribution in [0, 0.1) is 6.92 Å². The summed E-state index contributed by atoms with van der Waals surface area (Å²) in [7, 11) is 0. The maximum atomic E-state index is 12.0. The third kappa shape index (κ3) is 5.22. The van der Waals surface area contributed by atoms with Crippen LogP contribution in [0.15, 0.2) is 24.3 Å². The molecule has 0 spiro atoms. The van der Waals surface area contributed by atoms with E-state index in [1.165, 1.54) is 0 Å². The van der Waals surface area contributed by atoms with Crippen molar-refractivity contribution in [3.63, 3.8) is 0 Å². The lowest BCUT2D eigenvalue weighted by atomic mass is 10.0. The van der Waals surface area contributed by atoms with Gasteiger partial charge in [-0.1, -0.05) is 24.3 Å². The zero-order valence-electron chi connectivity index (χ0n) is 14.5. The number of aryl methyl sites for hydroxylation is 1. The van der Waals surface area contributed by atoms with Gasteiger partial charge in [0.25, 0.3) is 0 Å². The number of hydrogen-bond acceptors (Lipinski definition) is 4. The molecule has 1 aromatic carbocycles. The van der Waals surface area contributed by atoms with E-state index in [0.29, 0.717) is 19.6 Å². The Bertz CT molecular complexity index is 539. The molecule has 2 atom stereocenters. The highest BCUT2D eigenvalue weighted by atomic mass is 16.6. The Morgan fingerprint density at radius 2 is 2.13 bits per heavy atom. The molecule has 1 fully saturated rings. The van der Waals surface area contributed by atoms with Crippen molar-refractivity contribution in [1.82, 2.24) is 10.2 Å². The number of hydrogen-bond donors (Lipinski definition) is 2. The number of benzene rings is 1. The summed E-state index contributed by atoms with van der Waals surface area (Å²) in [6.07, 6.45) is 0.0766. The molecule has 0 aromatic heterocycles. The van der Waals surface area contributed by atoms with Crippen molar-refractivity contribution >= 4 is 6.09 Å². The van der Waals surface area contributed by atoms with Crippen LogP contribution in [0.4, 0.5) is 4.79 Å². The number of aliphatic hydroxyl groups is 1. The Kier molecular flexibility index (Phi) is 5.65. The van der Waals surface area contributed by atoms with Crippen molar-refractivity contribution in [1.29, 1.82) is 0 Å². The quantitative estimate of drug-likeness (QED) is 0.895. The van der Waals surface area contributed by atoms with Crippen LogP contribution in [0.2, 0.25) is 0 Å². The predicted octanol–water partition coefficient (Wildman–Crippen LogP) is 2.63. The van der Waals surface area contributed by atoms with Crippen molar-refractivity contribution in [3.8, 4) is 0 Å². The lowest BCUT2D eigenvalue weighted by molar-refractivity contribution is 0.0290. The average Bonchev–Trinajstić information content (AvgIpc) is 2.92. The second-order valence-electron chi connectivity index (χ2n) is 7.19. The first-order valence-corrected chi connectivity index (χ1v) is 8.21. The van der Waals surface area contributed by atoms with E-state index in [2.05, 4.69) is 5.32 Å². The summed E-state index contributed by atoms with van der Waals surface area (Å²) in [5.74, 6) is 0. The van der Waals surface area contributed by atoms with E-state index in [1.54, 1.807) is 4.90 Å². The first-order valence-electron chi connectivity index (χ1n) is 8.21. The van der Waals surface area contributed by atoms with Gasteiger partial charge in [0.15, 0.2) is 0 Å². The van der Waals surface area contributed by atoms with Crippen LogP contribution in [0.5, 0.6) is 0 Å². The monoisotopic (exact) mass is 320 g/mol. The molecule has 1 amide bonds. The maximum absolute atomic E-state index is 12.0. The lowest BCUT2D eigenvalue weighted by Crippen LogP contribution is -2.39. The summed E-state index contributed by atoms with van der Waals surface area (Å²) in [5.41, 5.74) is 1.56. The van der Waals surface area contributed by atoms with Crippen LogP contribution in [-0.4, -0.2) is 47.4 Å². The molecule has 1 aliphatic heterocycles. The molecule has 1 aromatic rings. The van der Waals surface area contributed by atoms with Crippen molar-refractivity contribution < 1.29 is 14.6 Å². The van der Waals surface area contributed by atoms with Gasteiger partial charge in [0.2, 0.25) is 0 Å². The van der Waals surface area contributed by atoms with Crippen LogP contribution in [-0.2, 0) is 4.74 Å². The largest absolute Gasteiger partial charge is 0.444 e. The van der Waals surface area contributed by atoms with Gasteiger partial charge in [0.1, 0.15) is 5.60 Å². The lowest BCUT2D eigenvalue weighted by Gasteiger charge is -2.24. The normalized spacial score (nSPS) is 19.7. The second kappa shape index (κ2) is 7.32. The Balaban J connectivity index is 1.80. The smallest absolute Gasteiger partial charge is 0.410 e. The molecule has 0 aliphatic carbocycles. The number of likely N-dealkylation sites (tertiary alicyclic amines) is 1. The molecule has 5 nitrogen and oxygen atoms in total. The number of nitrogens with one attached hydrogen (secondary N) is 1. The van der Waals surface area contributed by atoms with Gasteiger partial charge in [-0.05, 0) is 45.2 Å². The molecule has 2 rings (SSSR count). The second-order valence-corrected chi connectivity index (χ2v) is 7.19. The van der Waals surface area contributed by atoms with E-state index in [9.17, 15) is 9.90 Å². The van der Waals surface area contributed by atoms with Gasteiger partial charge >= 0.3 is 6.09 Å². The number of rotatable bonds is 4. The van der Waals surface area contributed by atoms with Gasteiger partial charge in [-0.25, -0.2) is 4.79 Å². The first-order chi connectivity index (χ1) is 10.8. The van der Waals surface area contributed by atoms with E-state index < -0.39 is 11.7 Å². The molecule has 2 N–H and O–H groups in total. The fraction of sp³-hybridized carbons (Fsp3) is 0.611. The number of amides is 1. The third-order valence-electron chi connectivity index (χ3n) is 3.99. The van der Waals surface area contributed by atoms with Crippen molar-refractivity contribution in [2.24, 2.45) is 0 Å². The average molecular weight is 320 g/mol. The van der Waals surface area contributed by atoms with Crippen LogP contribution < -0.4 is 5.32 Å². The minimum absolute atomic E-state index is 0.196. The molecule has 1 saturated heterocycles. The highest BCUT2D eigenvalue weighted by Crippen LogP contribution is 2.18. The van der Waals surface area contributed by atoms with Crippen molar-refractivity contribution in [2.45, 2.75) is 51.9 Å². The molecule has 5 heteroatoms. The highest BCUT2D eigenvalue weighted by Gasteiger charge is 2.29.